The van der Waals surface area contributed by atoms with Crippen LogP contribution >= 0.6 is 27.5 Å². The number of nitrogens with zero attached hydrogens (tertiary/aromatic N) is 1. The maximum atomic E-state index is 12.4. The maximum absolute atomic E-state index is 12.4. The van der Waals surface area contributed by atoms with E-state index in [1.54, 1.807) is 31.2 Å². The highest BCUT2D eigenvalue weighted by Crippen LogP contribution is 2.36. The first-order valence-corrected chi connectivity index (χ1v) is 8.98. The van der Waals surface area contributed by atoms with E-state index in [9.17, 15) is 15.2 Å². The van der Waals surface area contributed by atoms with Crippen LogP contribution in [0.4, 0.5) is 5.69 Å². The van der Waals surface area contributed by atoms with Gasteiger partial charge in [-0.3, -0.25) is 4.79 Å². The van der Waals surface area contributed by atoms with Crippen LogP contribution in [0.1, 0.15) is 12.5 Å². The highest BCUT2D eigenvalue weighted by Gasteiger charge is 2.13. The fourth-order valence-electron chi connectivity index (χ4n) is 2.20. The average Bonchev–Trinajstić information content (AvgIpc) is 2.64. The molecule has 2 aromatic carbocycles. The van der Waals surface area contributed by atoms with Crippen LogP contribution in [0.5, 0.6) is 17.2 Å². The Hall–Kier alpha value is -2.69. The maximum Gasteiger partial charge on any atom is 0.266 e. The lowest BCUT2D eigenvalue weighted by atomic mass is 10.1. The molecule has 6 nitrogen and oxygen atoms in total. The number of phenols is 1. The minimum Gasteiger partial charge on any atom is -0.503 e. The van der Waals surface area contributed by atoms with Crippen molar-refractivity contribution in [3.63, 3.8) is 0 Å². The van der Waals surface area contributed by atoms with Crippen molar-refractivity contribution < 1.29 is 19.4 Å². The number of hydrogen-bond donors (Lipinski definition) is 2. The van der Waals surface area contributed by atoms with Crippen LogP contribution in [-0.4, -0.2) is 24.7 Å². The SMILES string of the molecule is CCOc1cc(/C=C(\C#N)C(=O)Nc2ccc(OC)c(Cl)c2)cc(Br)c1O. The number of anilines is 1. The molecule has 8 heteroatoms. The molecular formula is C19H16BrClN2O4. The van der Waals surface area contributed by atoms with E-state index in [1.807, 2.05) is 6.07 Å². The molecule has 140 valence electrons. The van der Waals surface area contributed by atoms with Crippen molar-refractivity contribution in [3.8, 4) is 23.3 Å². The summed E-state index contributed by atoms with van der Waals surface area (Å²) in [5.41, 5.74) is 0.818. The van der Waals surface area contributed by atoms with Gasteiger partial charge in [0, 0.05) is 5.69 Å². The second-order valence-corrected chi connectivity index (χ2v) is 6.52. The molecule has 2 rings (SSSR count). The minimum absolute atomic E-state index is 0.0511. The van der Waals surface area contributed by atoms with Crippen molar-refractivity contribution in [1.29, 1.82) is 5.26 Å². The third-order valence-corrected chi connectivity index (χ3v) is 4.34. The van der Waals surface area contributed by atoms with Gasteiger partial charge in [-0.1, -0.05) is 11.6 Å². The normalized spacial score (nSPS) is 10.9. The average molecular weight is 452 g/mol. The lowest BCUT2D eigenvalue weighted by molar-refractivity contribution is -0.112. The van der Waals surface area contributed by atoms with E-state index < -0.39 is 5.91 Å². The molecule has 0 atom stereocenters. The van der Waals surface area contributed by atoms with Crippen LogP contribution in [0.3, 0.4) is 0 Å². The smallest absolute Gasteiger partial charge is 0.266 e. The molecule has 0 fully saturated rings. The topological polar surface area (TPSA) is 91.6 Å². The van der Waals surface area contributed by atoms with E-state index in [1.165, 1.54) is 19.3 Å². The molecule has 0 unspecified atom stereocenters. The van der Waals surface area contributed by atoms with Crippen LogP contribution in [0.25, 0.3) is 6.08 Å². The van der Waals surface area contributed by atoms with Crippen LogP contribution < -0.4 is 14.8 Å². The quantitative estimate of drug-likeness (QED) is 0.488. The largest absolute Gasteiger partial charge is 0.503 e. The van der Waals surface area contributed by atoms with Crippen molar-refractivity contribution in [2.45, 2.75) is 6.92 Å². The Morgan fingerprint density at radius 1 is 1.37 bits per heavy atom. The second-order valence-electron chi connectivity index (χ2n) is 5.26. The summed E-state index contributed by atoms with van der Waals surface area (Å²) in [4.78, 5) is 12.4. The third kappa shape index (κ3) is 5.16. The van der Waals surface area contributed by atoms with E-state index in [0.29, 0.717) is 33.1 Å². The van der Waals surface area contributed by atoms with Gasteiger partial charge in [0.1, 0.15) is 17.4 Å². The summed E-state index contributed by atoms with van der Waals surface area (Å²) in [6.07, 6.45) is 1.40. The first kappa shape index (κ1) is 20.6. The zero-order valence-corrected chi connectivity index (χ0v) is 16.9. The van der Waals surface area contributed by atoms with Gasteiger partial charge in [-0.2, -0.15) is 5.26 Å². The third-order valence-electron chi connectivity index (χ3n) is 3.44. The molecule has 27 heavy (non-hydrogen) atoms. The van der Waals surface area contributed by atoms with Crippen molar-refractivity contribution in [2.24, 2.45) is 0 Å². The van der Waals surface area contributed by atoms with Crippen molar-refractivity contribution in [2.75, 3.05) is 19.0 Å². The molecule has 0 radical (unpaired) electrons. The van der Waals surface area contributed by atoms with Gasteiger partial charge in [-0.25, -0.2) is 0 Å². The first-order valence-electron chi connectivity index (χ1n) is 7.81. The number of nitrogens with one attached hydrogen (secondary N) is 1. The number of methoxy groups -OCH3 is 1. The number of nitriles is 1. The molecular weight excluding hydrogens is 436 g/mol. The molecule has 0 aliphatic rings. The molecule has 2 N–H and O–H groups in total. The molecule has 0 aromatic heterocycles. The number of carbonyl (C=O) groups is 1. The van der Waals surface area contributed by atoms with Crippen LogP contribution in [0, 0.1) is 11.3 Å². The van der Waals surface area contributed by atoms with Crippen LogP contribution in [0.2, 0.25) is 5.02 Å². The Bertz CT molecular complexity index is 938. The first-order chi connectivity index (χ1) is 12.9. The number of halogens is 2. The highest BCUT2D eigenvalue weighted by molar-refractivity contribution is 9.10. The molecule has 2 aromatic rings. The number of phenolic OH excluding ortho intramolecular Hbond substituents is 1. The Balaban J connectivity index is 2.29. The summed E-state index contributed by atoms with van der Waals surface area (Å²) in [5.74, 6) is 0.0756. The van der Waals surface area contributed by atoms with E-state index in [0.717, 1.165) is 0 Å². The molecule has 0 heterocycles. The number of hydrogen-bond acceptors (Lipinski definition) is 5. The van der Waals surface area contributed by atoms with Gasteiger partial charge in [0.05, 0.1) is 23.2 Å². The van der Waals surface area contributed by atoms with E-state index in [4.69, 9.17) is 21.1 Å². The molecule has 0 saturated heterocycles. The highest BCUT2D eigenvalue weighted by atomic mass is 79.9. The predicted molar refractivity (Wildman–Crippen MR) is 107 cm³/mol. The molecule has 0 aliphatic heterocycles. The van der Waals surface area contributed by atoms with Gasteiger partial charge < -0.3 is 19.9 Å². The number of benzene rings is 2. The standard InChI is InChI=1S/C19H16BrClN2O4/c1-3-27-17-8-11(7-14(20)18(17)24)6-12(10-22)19(25)23-13-4-5-16(26-2)15(21)9-13/h4-9,24H,3H2,1-2H3,(H,23,25)/b12-6+. The van der Waals surface area contributed by atoms with E-state index >= 15 is 0 Å². The van der Waals surface area contributed by atoms with Gasteiger partial charge >= 0.3 is 0 Å². The second kappa shape index (κ2) is 9.31. The summed E-state index contributed by atoms with van der Waals surface area (Å²) >= 11 is 9.26. The lowest BCUT2D eigenvalue weighted by Crippen LogP contribution is -2.13. The molecule has 0 saturated carbocycles. The van der Waals surface area contributed by atoms with Gasteiger partial charge in [0.15, 0.2) is 11.5 Å². The van der Waals surface area contributed by atoms with E-state index in [2.05, 4.69) is 21.2 Å². The number of amides is 1. The lowest BCUT2D eigenvalue weighted by Gasteiger charge is -2.09. The number of aromatic hydroxyl groups is 1. The van der Waals surface area contributed by atoms with E-state index in [-0.39, 0.29) is 17.1 Å². The Morgan fingerprint density at radius 2 is 2.11 bits per heavy atom. The predicted octanol–water partition coefficient (Wildman–Crippen LogP) is 4.76. The Kier molecular flexibility index (Phi) is 7.11. The van der Waals surface area contributed by atoms with Crippen molar-refractivity contribution in [3.05, 3.63) is 51.0 Å². The number of ether oxygens (including phenoxy) is 2. The van der Waals surface area contributed by atoms with Crippen LogP contribution in [0.15, 0.2) is 40.4 Å². The van der Waals surface area contributed by atoms with Crippen molar-refractivity contribution >= 4 is 45.2 Å². The molecule has 1 amide bonds. The molecule has 0 bridgehead atoms. The van der Waals surface area contributed by atoms with Crippen LogP contribution in [-0.2, 0) is 4.79 Å². The summed E-state index contributed by atoms with van der Waals surface area (Å²) in [5, 5.41) is 22.3. The number of carbonyl (C=O) groups excluding carboxylic acids is 1. The Morgan fingerprint density at radius 3 is 2.70 bits per heavy atom. The zero-order chi connectivity index (χ0) is 20.0. The van der Waals surface area contributed by atoms with Gasteiger partial charge in [-0.15, -0.1) is 0 Å². The molecule has 0 spiro atoms. The summed E-state index contributed by atoms with van der Waals surface area (Å²) in [6, 6.07) is 9.73. The molecule has 0 aliphatic carbocycles. The Labute approximate surface area is 170 Å². The minimum atomic E-state index is -0.596. The summed E-state index contributed by atoms with van der Waals surface area (Å²) in [6.45, 7) is 2.14. The fraction of sp³-hybridized carbons (Fsp3) is 0.158. The van der Waals surface area contributed by atoms with Gasteiger partial charge in [0.2, 0.25) is 0 Å². The van der Waals surface area contributed by atoms with Crippen molar-refractivity contribution in [1.82, 2.24) is 0 Å². The monoisotopic (exact) mass is 450 g/mol. The summed E-state index contributed by atoms with van der Waals surface area (Å²) < 4.78 is 10.8. The number of rotatable bonds is 6. The fourth-order valence-corrected chi connectivity index (χ4v) is 2.92. The summed E-state index contributed by atoms with van der Waals surface area (Å²) in [7, 11) is 1.49. The zero-order valence-electron chi connectivity index (χ0n) is 14.5. The van der Waals surface area contributed by atoms with Gasteiger partial charge in [-0.05, 0) is 64.8 Å². The van der Waals surface area contributed by atoms with Gasteiger partial charge in [0.25, 0.3) is 5.91 Å².